The van der Waals surface area contributed by atoms with Crippen LogP contribution in [-0.4, -0.2) is 30.3 Å². The van der Waals surface area contributed by atoms with E-state index in [1.54, 1.807) is 6.20 Å². The van der Waals surface area contributed by atoms with Gasteiger partial charge >= 0.3 is 0 Å². The third-order valence-electron chi connectivity index (χ3n) is 2.10. The molecule has 8 nitrogen and oxygen atoms in total. The number of halogens is 1. The highest BCUT2D eigenvalue weighted by Crippen LogP contribution is 2.19. The molecule has 0 spiro atoms. The van der Waals surface area contributed by atoms with E-state index in [0.29, 0.717) is 23.8 Å². The quantitative estimate of drug-likeness (QED) is 0.669. The van der Waals surface area contributed by atoms with Crippen LogP contribution in [0.2, 0.25) is 5.28 Å². The second kappa shape index (κ2) is 3.98. The molecule has 0 aliphatic carbocycles. The summed E-state index contributed by atoms with van der Waals surface area (Å²) in [5.41, 5.74) is 0.570. The monoisotopic (exact) mass is 251 g/mol. The van der Waals surface area contributed by atoms with Crippen LogP contribution in [0.5, 0.6) is 0 Å². The van der Waals surface area contributed by atoms with Gasteiger partial charge in [0.1, 0.15) is 5.82 Å². The number of anilines is 1. The van der Waals surface area contributed by atoms with Crippen molar-refractivity contribution < 1.29 is 4.52 Å². The second-order valence-electron chi connectivity index (χ2n) is 3.17. The van der Waals surface area contributed by atoms with Gasteiger partial charge in [0.15, 0.2) is 11.5 Å². The van der Waals surface area contributed by atoms with Crippen LogP contribution in [0.1, 0.15) is 5.82 Å². The fourth-order valence-corrected chi connectivity index (χ4v) is 1.54. The van der Waals surface area contributed by atoms with E-state index in [1.807, 2.05) is 0 Å². The van der Waals surface area contributed by atoms with Crippen LogP contribution in [0.3, 0.4) is 0 Å². The van der Waals surface area contributed by atoms with Gasteiger partial charge in [-0.1, -0.05) is 5.16 Å². The van der Waals surface area contributed by atoms with Crippen molar-refractivity contribution in [3.8, 4) is 0 Å². The summed E-state index contributed by atoms with van der Waals surface area (Å²) in [6.45, 7) is 0.379. The van der Waals surface area contributed by atoms with Crippen molar-refractivity contribution in [2.75, 3.05) is 5.32 Å². The van der Waals surface area contributed by atoms with Gasteiger partial charge in [0.25, 0.3) is 0 Å². The summed E-state index contributed by atoms with van der Waals surface area (Å²) in [6, 6.07) is 0. The maximum absolute atomic E-state index is 5.78. The summed E-state index contributed by atoms with van der Waals surface area (Å²) in [5.74, 6) is 1.09. The first kappa shape index (κ1) is 9.97. The molecular formula is C8H6ClN7O. The molecule has 0 aliphatic heterocycles. The number of aromatic amines is 1. The number of fused-ring (bicyclic) bond motifs is 1. The highest BCUT2D eigenvalue weighted by molar-refractivity contribution is 6.28. The molecule has 2 N–H and O–H groups in total. The van der Waals surface area contributed by atoms with Gasteiger partial charge < -0.3 is 9.84 Å². The van der Waals surface area contributed by atoms with Crippen molar-refractivity contribution >= 4 is 28.5 Å². The lowest BCUT2D eigenvalue weighted by Gasteiger charge is -2.03. The zero-order valence-corrected chi connectivity index (χ0v) is 9.14. The Labute approximate surface area is 99.4 Å². The normalized spacial score (nSPS) is 10.9. The summed E-state index contributed by atoms with van der Waals surface area (Å²) >= 11 is 5.78. The van der Waals surface area contributed by atoms with Gasteiger partial charge in [-0.05, 0) is 11.6 Å². The van der Waals surface area contributed by atoms with Crippen LogP contribution >= 0.6 is 11.6 Å². The minimum Gasteiger partial charge on any atom is -0.362 e. The molecule has 9 heteroatoms. The molecule has 86 valence electrons. The Balaban J connectivity index is 1.91. The maximum atomic E-state index is 5.78. The molecule has 0 saturated heterocycles. The zero-order chi connectivity index (χ0) is 11.7. The number of hydrogen-bond donors (Lipinski definition) is 2. The standard InChI is InChI=1S/C8H6ClN7O/c9-8-13-6(4-1-12-15-7(4)14-8)10-2-5-11-3-17-16-5/h1,3H,2H2,(H2,10,12,13,14,15). The Bertz CT molecular complexity index is 634. The minimum absolute atomic E-state index is 0.136. The molecule has 3 aromatic heterocycles. The molecule has 3 aromatic rings. The van der Waals surface area contributed by atoms with E-state index >= 15 is 0 Å². The van der Waals surface area contributed by atoms with E-state index in [0.717, 1.165) is 5.39 Å². The third-order valence-corrected chi connectivity index (χ3v) is 2.27. The van der Waals surface area contributed by atoms with Crippen LogP contribution in [0.25, 0.3) is 11.0 Å². The van der Waals surface area contributed by atoms with Crippen molar-refractivity contribution in [2.24, 2.45) is 0 Å². The average molecular weight is 252 g/mol. The predicted molar refractivity (Wildman–Crippen MR) is 58.3 cm³/mol. The van der Waals surface area contributed by atoms with Crippen molar-refractivity contribution in [3.63, 3.8) is 0 Å². The van der Waals surface area contributed by atoms with Crippen LogP contribution in [0.15, 0.2) is 17.1 Å². The van der Waals surface area contributed by atoms with E-state index in [1.165, 1.54) is 6.39 Å². The van der Waals surface area contributed by atoms with Gasteiger partial charge in [0, 0.05) is 0 Å². The zero-order valence-electron chi connectivity index (χ0n) is 8.38. The highest BCUT2D eigenvalue weighted by Gasteiger charge is 2.08. The molecular weight excluding hydrogens is 246 g/mol. The Morgan fingerprint density at radius 1 is 1.41 bits per heavy atom. The maximum Gasteiger partial charge on any atom is 0.226 e. The van der Waals surface area contributed by atoms with Crippen LogP contribution in [0, 0.1) is 0 Å². The molecule has 0 aromatic carbocycles. The van der Waals surface area contributed by atoms with Gasteiger partial charge in [0.05, 0.1) is 18.1 Å². The molecule has 3 rings (SSSR count). The smallest absolute Gasteiger partial charge is 0.226 e. The summed E-state index contributed by atoms with van der Waals surface area (Å²) < 4.78 is 4.62. The third kappa shape index (κ3) is 1.89. The average Bonchev–Trinajstić information content (AvgIpc) is 2.95. The summed E-state index contributed by atoms with van der Waals surface area (Å²) in [4.78, 5) is 11.9. The molecule has 0 radical (unpaired) electrons. The highest BCUT2D eigenvalue weighted by atomic mass is 35.5. The molecule has 0 saturated carbocycles. The summed E-state index contributed by atoms with van der Waals surface area (Å²) in [6.07, 6.45) is 2.88. The molecule has 0 aliphatic rings. The molecule has 17 heavy (non-hydrogen) atoms. The number of rotatable bonds is 3. The van der Waals surface area contributed by atoms with E-state index < -0.39 is 0 Å². The Hall–Kier alpha value is -2.22. The van der Waals surface area contributed by atoms with Crippen molar-refractivity contribution in [1.82, 2.24) is 30.3 Å². The Kier molecular flexibility index (Phi) is 2.33. The lowest BCUT2D eigenvalue weighted by molar-refractivity contribution is 0.411. The number of nitrogens with one attached hydrogen (secondary N) is 2. The fraction of sp³-hybridized carbons (Fsp3) is 0.125. The van der Waals surface area contributed by atoms with Gasteiger partial charge in [-0.2, -0.15) is 20.1 Å². The van der Waals surface area contributed by atoms with E-state index in [4.69, 9.17) is 11.6 Å². The van der Waals surface area contributed by atoms with Crippen LogP contribution in [-0.2, 0) is 6.54 Å². The summed E-state index contributed by atoms with van der Waals surface area (Å²) in [5, 5.41) is 14.2. The van der Waals surface area contributed by atoms with E-state index in [-0.39, 0.29) is 5.28 Å². The number of nitrogens with zero attached hydrogens (tertiary/aromatic N) is 5. The van der Waals surface area contributed by atoms with Gasteiger partial charge in [-0.15, -0.1) is 0 Å². The first-order chi connectivity index (χ1) is 8.33. The number of hydrogen-bond acceptors (Lipinski definition) is 7. The molecule has 0 bridgehead atoms. The number of H-pyrrole nitrogens is 1. The lowest BCUT2D eigenvalue weighted by atomic mass is 10.4. The molecule has 0 atom stereocenters. The van der Waals surface area contributed by atoms with E-state index in [2.05, 4.69) is 40.1 Å². The van der Waals surface area contributed by atoms with Gasteiger partial charge in [-0.3, -0.25) is 5.10 Å². The first-order valence-electron chi connectivity index (χ1n) is 4.68. The lowest BCUT2D eigenvalue weighted by Crippen LogP contribution is -2.04. The predicted octanol–water partition coefficient (Wildman–Crippen LogP) is 1.00. The first-order valence-corrected chi connectivity index (χ1v) is 5.06. The Morgan fingerprint density at radius 3 is 3.18 bits per heavy atom. The number of aromatic nitrogens is 6. The van der Waals surface area contributed by atoms with Gasteiger partial charge in [-0.25, -0.2) is 0 Å². The topological polar surface area (TPSA) is 105 Å². The molecule has 0 amide bonds. The molecule has 0 fully saturated rings. The van der Waals surface area contributed by atoms with Crippen molar-refractivity contribution in [1.29, 1.82) is 0 Å². The Morgan fingerprint density at radius 2 is 2.35 bits per heavy atom. The van der Waals surface area contributed by atoms with E-state index in [9.17, 15) is 0 Å². The van der Waals surface area contributed by atoms with Crippen LogP contribution in [0.4, 0.5) is 5.82 Å². The SMILES string of the molecule is Clc1nc(NCc2ncon2)c2cn[nH]c2n1. The van der Waals surface area contributed by atoms with Gasteiger partial charge in [0.2, 0.25) is 11.7 Å². The molecule has 0 unspecified atom stereocenters. The van der Waals surface area contributed by atoms with Crippen LogP contribution < -0.4 is 5.32 Å². The summed E-state index contributed by atoms with van der Waals surface area (Å²) in [7, 11) is 0. The minimum atomic E-state index is 0.136. The second-order valence-corrected chi connectivity index (χ2v) is 3.51. The fourth-order valence-electron chi connectivity index (χ4n) is 1.38. The largest absolute Gasteiger partial charge is 0.362 e. The molecule has 3 heterocycles. The van der Waals surface area contributed by atoms with Crippen molar-refractivity contribution in [3.05, 3.63) is 23.7 Å². The van der Waals surface area contributed by atoms with Crippen molar-refractivity contribution in [2.45, 2.75) is 6.54 Å².